The Morgan fingerprint density at radius 2 is 1.88 bits per heavy atom. The molecule has 5 heteroatoms. The summed E-state index contributed by atoms with van der Waals surface area (Å²) in [6.45, 7) is 1.98. The van der Waals surface area contributed by atoms with E-state index in [1.165, 1.54) is 4.40 Å². The van der Waals surface area contributed by atoms with Gasteiger partial charge in [0.25, 0.3) is 5.56 Å². The summed E-state index contributed by atoms with van der Waals surface area (Å²) < 4.78 is 1.48. The number of aromatic carboxylic acids is 1. The van der Waals surface area contributed by atoms with Crippen LogP contribution in [0.4, 0.5) is 5.69 Å². The van der Waals surface area contributed by atoms with Gasteiger partial charge in [0.2, 0.25) is 0 Å². The van der Waals surface area contributed by atoms with E-state index in [9.17, 15) is 14.7 Å². The third kappa shape index (κ3) is 2.48. The quantitative estimate of drug-likeness (QED) is 0.719. The van der Waals surface area contributed by atoms with Crippen molar-refractivity contribution in [1.29, 1.82) is 0 Å². The van der Waals surface area contributed by atoms with Crippen LogP contribution in [0.25, 0.3) is 16.6 Å². The Morgan fingerprint density at radius 1 is 1.20 bits per heavy atom. The summed E-state index contributed by atoms with van der Waals surface area (Å²) in [6, 6.07) is 11.0. The minimum absolute atomic E-state index is 0.168. The molecule has 3 aromatic rings. The number of carboxylic acids is 1. The van der Waals surface area contributed by atoms with Crippen molar-refractivity contribution in [3.05, 3.63) is 69.6 Å². The fraction of sp³-hybridized carbons (Fsp3) is 0.200. The van der Waals surface area contributed by atoms with Crippen molar-refractivity contribution in [3.63, 3.8) is 0 Å². The molecule has 0 atom stereocenters. The highest BCUT2D eigenvalue weighted by Crippen LogP contribution is 2.43. The predicted octanol–water partition coefficient (Wildman–Crippen LogP) is 3.43. The van der Waals surface area contributed by atoms with E-state index in [0.29, 0.717) is 11.6 Å². The van der Waals surface area contributed by atoms with Crippen molar-refractivity contribution in [3.8, 4) is 11.1 Å². The maximum absolute atomic E-state index is 12.6. The van der Waals surface area contributed by atoms with Gasteiger partial charge in [-0.05, 0) is 72.2 Å². The van der Waals surface area contributed by atoms with Crippen molar-refractivity contribution >= 4 is 17.2 Å². The summed E-state index contributed by atoms with van der Waals surface area (Å²) in [5.74, 6) is -0.851. The van der Waals surface area contributed by atoms with Crippen LogP contribution in [0.15, 0.2) is 47.4 Å². The molecule has 0 unspecified atom stereocenters. The number of nitrogen functional groups attached to an aromatic ring is 1. The van der Waals surface area contributed by atoms with Crippen LogP contribution in [0.5, 0.6) is 0 Å². The summed E-state index contributed by atoms with van der Waals surface area (Å²) in [5.41, 5.74) is 10.6. The van der Waals surface area contributed by atoms with Crippen LogP contribution in [0, 0.1) is 6.92 Å². The molecule has 25 heavy (non-hydrogen) atoms. The number of nitrogens with zero attached hydrogens (tertiary/aromatic N) is 1. The van der Waals surface area contributed by atoms with Crippen molar-refractivity contribution < 1.29 is 9.90 Å². The van der Waals surface area contributed by atoms with Crippen molar-refractivity contribution in [2.75, 3.05) is 5.73 Å². The summed E-state index contributed by atoms with van der Waals surface area (Å²) >= 11 is 0. The Kier molecular flexibility index (Phi) is 3.39. The molecule has 0 bridgehead atoms. The minimum Gasteiger partial charge on any atom is -0.477 e. The van der Waals surface area contributed by atoms with Crippen LogP contribution in [0.2, 0.25) is 0 Å². The van der Waals surface area contributed by atoms with Crippen LogP contribution >= 0.6 is 0 Å². The second-order valence-corrected chi connectivity index (χ2v) is 6.59. The van der Waals surface area contributed by atoms with Gasteiger partial charge < -0.3 is 10.8 Å². The molecule has 2 heterocycles. The van der Waals surface area contributed by atoms with E-state index in [1.807, 2.05) is 37.3 Å². The van der Waals surface area contributed by atoms with Gasteiger partial charge in [-0.25, -0.2) is 4.79 Å². The average molecular weight is 334 g/mol. The lowest BCUT2D eigenvalue weighted by Gasteiger charge is -2.15. The normalized spacial score (nSPS) is 14.0. The number of hydrogen-bond donors (Lipinski definition) is 2. The van der Waals surface area contributed by atoms with Gasteiger partial charge in [0, 0.05) is 11.9 Å². The van der Waals surface area contributed by atoms with Gasteiger partial charge in [-0.15, -0.1) is 0 Å². The fourth-order valence-electron chi connectivity index (χ4n) is 3.43. The Labute approximate surface area is 144 Å². The van der Waals surface area contributed by atoms with Crippen molar-refractivity contribution in [1.82, 2.24) is 4.40 Å². The SMILES string of the molecule is Cc1c(-c2ccc(N)cc2)ccn2c(=O)c(C(=O)O)cc(C3CC3)c12. The van der Waals surface area contributed by atoms with Gasteiger partial charge in [-0.2, -0.15) is 0 Å². The highest BCUT2D eigenvalue weighted by atomic mass is 16.4. The lowest BCUT2D eigenvalue weighted by atomic mass is 9.96. The van der Waals surface area contributed by atoms with Crippen LogP contribution in [-0.4, -0.2) is 15.5 Å². The topological polar surface area (TPSA) is 84.8 Å². The molecule has 3 N–H and O–H groups in total. The van der Waals surface area contributed by atoms with Crippen molar-refractivity contribution in [2.45, 2.75) is 25.7 Å². The van der Waals surface area contributed by atoms with E-state index < -0.39 is 11.5 Å². The number of rotatable bonds is 3. The number of anilines is 1. The summed E-state index contributed by atoms with van der Waals surface area (Å²) in [7, 11) is 0. The zero-order chi connectivity index (χ0) is 17.7. The van der Waals surface area contributed by atoms with Gasteiger partial charge in [-0.1, -0.05) is 12.1 Å². The van der Waals surface area contributed by atoms with Gasteiger partial charge in [0.05, 0.1) is 5.52 Å². The zero-order valence-electron chi connectivity index (χ0n) is 13.8. The molecule has 1 aliphatic carbocycles. The van der Waals surface area contributed by atoms with E-state index in [4.69, 9.17) is 5.73 Å². The van der Waals surface area contributed by atoms with Crippen molar-refractivity contribution in [2.24, 2.45) is 0 Å². The Morgan fingerprint density at radius 3 is 2.48 bits per heavy atom. The Balaban J connectivity index is 2.05. The summed E-state index contributed by atoms with van der Waals surface area (Å²) in [6.07, 6.45) is 3.73. The zero-order valence-corrected chi connectivity index (χ0v) is 13.8. The lowest BCUT2D eigenvalue weighted by molar-refractivity contribution is 0.0694. The van der Waals surface area contributed by atoms with Crippen LogP contribution < -0.4 is 11.3 Å². The molecule has 0 amide bonds. The summed E-state index contributed by atoms with van der Waals surface area (Å²) in [4.78, 5) is 24.0. The highest BCUT2D eigenvalue weighted by molar-refractivity contribution is 5.89. The van der Waals surface area contributed by atoms with E-state index in [0.717, 1.165) is 40.6 Å². The van der Waals surface area contributed by atoms with E-state index in [-0.39, 0.29) is 5.56 Å². The number of benzene rings is 1. The second-order valence-electron chi connectivity index (χ2n) is 6.59. The van der Waals surface area contributed by atoms with E-state index in [1.54, 1.807) is 12.3 Å². The number of pyridine rings is 2. The molecule has 126 valence electrons. The van der Waals surface area contributed by atoms with Crippen LogP contribution in [0.1, 0.15) is 40.2 Å². The molecule has 0 saturated heterocycles. The molecular formula is C20H18N2O3. The first-order valence-electron chi connectivity index (χ1n) is 8.25. The van der Waals surface area contributed by atoms with Gasteiger partial charge >= 0.3 is 5.97 Å². The molecule has 5 nitrogen and oxygen atoms in total. The van der Waals surface area contributed by atoms with E-state index in [2.05, 4.69) is 0 Å². The molecule has 0 aliphatic heterocycles. The molecule has 1 aliphatic rings. The number of carbonyl (C=O) groups is 1. The van der Waals surface area contributed by atoms with Gasteiger partial charge in [0.15, 0.2) is 0 Å². The van der Waals surface area contributed by atoms with Gasteiger partial charge in [-0.3, -0.25) is 9.20 Å². The Hall–Kier alpha value is -3.08. The van der Waals surface area contributed by atoms with E-state index >= 15 is 0 Å². The molecule has 4 rings (SSSR count). The highest BCUT2D eigenvalue weighted by Gasteiger charge is 2.29. The smallest absolute Gasteiger partial charge is 0.341 e. The first kappa shape index (κ1) is 15.4. The first-order valence-corrected chi connectivity index (χ1v) is 8.25. The fourth-order valence-corrected chi connectivity index (χ4v) is 3.43. The number of aryl methyl sites for hydroxylation is 1. The molecule has 0 radical (unpaired) electrons. The average Bonchev–Trinajstić information content (AvgIpc) is 3.41. The largest absolute Gasteiger partial charge is 0.477 e. The number of carboxylic acid groups (broad SMARTS) is 1. The molecule has 1 saturated carbocycles. The number of fused-ring (bicyclic) bond motifs is 1. The third-order valence-corrected chi connectivity index (χ3v) is 4.88. The third-order valence-electron chi connectivity index (χ3n) is 4.88. The van der Waals surface area contributed by atoms with Gasteiger partial charge in [0.1, 0.15) is 5.56 Å². The molecule has 2 aromatic heterocycles. The predicted molar refractivity (Wildman–Crippen MR) is 97.2 cm³/mol. The molecule has 0 spiro atoms. The number of nitrogens with two attached hydrogens (primary N) is 1. The van der Waals surface area contributed by atoms with Crippen LogP contribution in [-0.2, 0) is 0 Å². The number of aromatic nitrogens is 1. The monoisotopic (exact) mass is 334 g/mol. The molecule has 1 fully saturated rings. The maximum atomic E-state index is 12.6. The minimum atomic E-state index is -1.18. The first-order chi connectivity index (χ1) is 12.0. The standard InChI is InChI=1S/C20H18N2O3/c1-11-15(12-4-6-14(21)7-5-12)8-9-22-18(11)16(13-2-3-13)10-17(19(22)23)20(24)25/h4-10,13H,2-3,21H2,1H3,(H,24,25). The number of hydrogen-bond acceptors (Lipinski definition) is 3. The summed E-state index contributed by atoms with van der Waals surface area (Å²) in [5, 5.41) is 9.35. The lowest BCUT2D eigenvalue weighted by Crippen LogP contribution is -2.23. The molecule has 1 aromatic carbocycles. The maximum Gasteiger partial charge on any atom is 0.341 e. The molecular weight excluding hydrogens is 316 g/mol. The second kappa shape index (κ2) is 5.48. The van der Waals surface area contributed by atoms with Crippen LogP contribution in [0.3, 0.4) is 0 Å². The Bertz CT molecular complexity index is 1060.